The van der Waals surface area contributed by atoms with Crippen molar-refractivity contribution in [2.24, 2.45) is 8.73 Å². The molecular weight excluding hydrogens is 295 g/mol. The van der Waals surface area contributed by atoms with E-state index < -0.39 is 0 Å². The number of halogens is 2. The molecule has 0 amide bonds. The Morgan fingerprint density at radius 1 is 1.22 bits per heavy atom. The Labute approximate surface area is 116 Å². The van der Waals surface area contributed by atoms with E-state index in [0.29, 0.717) is 38.6 Å². The van der Waals surface area contributed by atoms with E-state index in [1.54, 1.807) is 13.0 Å². The Morgan fingerprint density at radius 2 is 1.94 bits per heavy atom. The van der Waals surface area contributed by atoms with Gasteiger partial charge in [-0.3, -0.25) is 0 Å². The highest BCUT2D eigenvalue weighted by molar-refractivity contribution is 7.58. The average Bonchev–Trinajstić information content (AvgIpc) is 2.91. The van der Waals surface area contributed by atoms with E-state index in [4.69, 9.17) is 28.9 Å². The lowest BCUT2D eigenvalue weighted by Crippen LogP contribution is -2.01. The second-order valence-corrected chi connectivity index (χ2v) is 4.97. The smallest absolute Gasteiger partial charge is 0.169 e. The van der Waals surface area contributed by atoms with Crippen LogP contribution in [0.15, 0.2) is 14.8 Å². The van der Waals surface area contributed by atoms with Gasteiger partial charge in [0.15, 0.2) is 5.82 Å². The van der Waals surface area contributed by atoms with Crippen molar-refractivity contribution in [1.82, 2.24) is 15.0 Å². The number of aromatic nitrogens is 3. The summed E-state index contributed by atoms with van der Waals surface area (Å²) < 4.78 is 9.87. The average molecular weight is 301 g/mol. The molecular formula is C9H6Cl2N6S. The highest BCUT2D eigenvalue weighted by Gasteiger charge is 2.22. The van der Waals surface area contributed by atoms with Gasteiger partial charge >= 0.3 is 0 Å². The Hall–Kier alpha value is -1.44. The lowest BCUT2D eigenvalue weighted by atomic mass is 10.2. The molecule has 1 aliphatic rings. The van der Waals surface area contributed by atoms with Gasteiger partial charge in [0.1, 0.15) is 17.1 Å². The third-order valence-electron chi connectivity index (χ3n) is 2.56. The van der Waals surface area contributed by atoms with Crippen LogP contribution in [0.5, 0.6) is 0 Å². The van der Waals surface area contributed by atoms with Gasteiger partial charge in [-0.25, -0.2) is 4.68 Å². The number of rotatable bonds is 1. The fraction of sp³-hybridized carbons (Fsp3) is 0.111. The summed E-state index contributed by atoms with van der Waals surface area (Å²) in [7, 11) is 0. The van der Waals surface area contributed by atoms with Crippen LogP contribution in [-0.4, -0.2) is 15.0 Å². The standard InChI is InChI=1S/C9H6Cl2N6S/c1-3-9(12)13-16-17(3)8-5(11)2-4(10)6-7(8)15-18-14-6/h2H,12H2,1H3. The van der Waals surface area contributed by atoms with Crippen LogP contribution in [0, 0.1) is 6.92 Å². The number of benzene rings is 1. The zero-order chi connectivity index (χ0) is 12.9. The molecule has 0 unspecified atom stereocenters. The zero-order valence-electron chi connectivity index (χ0n) is 9.05. The van der Waals surface area contributed by atoms with E-state index in [-0.39, 0.29) is 0 Å². The Bertz CT molecular complexity index is 731. The molecule has 92 valence electrons. The van der Waals surface area contributed by atoms with Crippen molar-refractivity contribution in [2.45, 2.75) is 6.92 Å². The maximum atomic E-state index is 6.20. The van der Waals surface area contributed by atoms with Gasteiger partial charge in [0, 0.05) is 0 Å². The van der Waals surface area contributed by atoms with Gasteiger partial charge in [0.05, 0.1) is 27.1 Å². The summed E-state index contributed by atoms with van der Waals surface area (Å²) in [5, 5.41) is 8.64. The lowest BCUT2D eigenvalue weighted by molar-refractivity contribution is 0.786. The van der Waals surface area contributed by atoms with Crippen LogP contribution in [0.4, 0.5) is 17.2 Å². The second kappa shape index (κ2) is 4.04. The van der Waals surface area contributed by atoms with Crippen LogP contribution >= 0.6 is 23.2 Å². The second-order valence-electron chi connectivity index (χ2n) is 3.62. The number of nitrogen functional groups attached to an aromatic ring is 1. The van der Waals surface area contributed by atoms with E-state index in [2.05, 4.69) is 19.0 Å². The molecule has 1 aliphatic heterocycles. The fourth-order valence-electron chi connectivity index (χ4n) is 1.62. The molecule has 0 radical (unpaired) electrons. The van der Waals surface area contributed by atoms with Crippen molar-refractivity contribution in [3.63, 3.8) is 0 Å². The summed E-state index contributed by atoms with van der Waals surface area (Å²) >= 11 is 13.3. The molecule has 3 rings (SSSR count). The van der Waals surface area contributed by atoms with Crippen LogP contribution in [0.3, 0.4) is 0 Å². The van der Waals surface area contributed by atoms with E-state index in [1.165, 1.54) is 4.68 Å². The van der Waals surface area contributed by atoms with Crippen molar-refractivity contribution in [1.29, 1.82) is 0 Å². The van der Waals surface area contributed by atoms with E-state index >= 15 is 0 Å². The van der Waals surface area contributed by atoms with Crippen molar-refractivity contribution in [3.8, 4) is 5.69 Å². The topological polar surface area (TPSA) is 81.5 Å². The predicted molar refractivity (Wildman–Crippen MR) is 72.1 cm³/mol. The van der Waals surface area contributed by atoms with Gasteiger partial charge in [-0.1, -0.05) is 28.4 Å². The summed E-state index contributed by atoms with van der Waals surface area (Å²) in [6.45, 7) is 1.80. The molecule has 0 saturated carbocycles. The van der Waals surface area contributed by atoms with Crippen LogP contribution in [0.2, 0.25) is 10.0 Å². The van der Waals surface area contributed by atoms with Gasteiger partial charge < -0.3 is 5.73 Å². The van der Waals surface area contributed by atoms with Gasteiger partial charge in [0.25, 0.3) is 0 Å². The number of hydrogen-bond donors (Lipinski definition) is 1. The molecule has 6 nitrogen and oxygen atoms in total. The summed E-state index contributed by atoms with van der Waals surface area (Å²) in [6, 6.07) is 1.61. The number of hydrogen-bond acceptors (Lipinski definition) is 5. The maximum absolute atomic E-state index is 6.20. The molecule has 1 aromatic heterocycles. The normalized spacial score (nSPS) is 12.6. The fourth-order valence-corrected chi connectivity index (χ4v) is 2.80. The molecule has 2 N–H and O–H groups in total. The number of nitrogens with two attached hydrogens (primary N) is 1. The van der Waals surface area contributed by atoms with Gasteiger partial charge in [-0.05, 0) is 13.0 Å². The SMILES string of the molecule is Cc1c(N)nnn1-c1c(Cl)cc(Cl)c2c1N=S=N2. The lowest BCUT2D eigenvalue weighted by Gasteiger charge is -2.10. The maximum Gasteiger partial charge on any atom is 0.169 e. The molecule has 2 aromatic rings. The Balaban J connectivity index is 2.35. The molecule has 2 heterocycles. The molecule has 0 bridgehead atoms. The minimum atomic E-state index is 0.345. The quantitative estimate of drug-likeness (QED) is 0.749. The first-order chi connectivity index (χ1) is 8.59. The van der Waals surface area contributed by atoms with Gasteiger partial charge in [0.2, 0.25) is 0 Å². The monoisotopic (exact) mass is 300 g/mol. The minimum Gasteiger partial charge on any atom is -0.381 e. The summed E-state index contributed by atoms with van der Waals surface area (Å²) in [5.74, 6) is 0.345. The first-order valence-corrected chi connectivity index (χ1v) is 6.36. The molecule has 0 spiro atoms. The third kappa shape index (κ3) is 1.55. The van der Waals surface area contributed by atoms with Crippen molar-refractivity contribution < 1.29 is 0 Å². The zero-order valence-corrected chi connectivity index (χ0v) is 11.4. The van der Waals surface area contributed by atoms with Crippen LogP contribution in [-0.2, 0) is 11.4 Å². The van der Waals surface area contributed by atoms with E-state index in [0.717, 1.165) is 11.4 Å². The third-order valence-corrected chi connectivity index (χ3v) is 3.67. The largest absolute Gasteiger partial charge is 0.381 e. The summed E-state index contributed by atoms with van der Waals surface area (Å²) in [6.07, 6.45) is 0. The van der Waals surface area contributed by atoms with Crippen LogP contribution < -0.4 is 5.73 Å². The first-order valence-electron chi connectivity index (χ1n) is 4.88. The Kier molecular flexibility index (Phi) is 2.61. The highest BCUT2D eigenvalue weighted by atomic mass is 35.5. The number of nitrogens with zero attached hydrogens (tertiary/aromatic N) is 5. The molecule has 0 saturated heterocycles. The van der Waals surface area contributed by atoms with Crippen molar-refractivity contribution >= 4 is 51.7 Å². The van der Waals surface area contributed by atoms with Gasteiger partial charge in [-0.2, -0.15) is 8.73 Å². The number of fused-ring (bicyclic) bond motifs is 1. The highest BCUT2D eigenvalue weighted by Crippen LogP contribution is 2.46. The van der Waals surface area contributed by atoms with Crippen LogP contribution in [0.25, 0.3) is 5.69 Å². The van der Waals surface area contributed by atoms with Gasteiger partial charge in [-0.15, -0.1) is 5.10 Å². The molecule has 0 aliphatic carbocycles. The molecule has 0 atom stereocenters. The van der Waals surface area contributed by atoms with Crippen molar-refractivity contribution in [2.75, 3.05) is 5.73 Å². The predicted octanol–water partition coefficient (Wildman–Crippen LogP) is 3.19. The summed E-state index contributed by atoms with van der Waals surface area (Å²) in [4.78, 5) is 0. The first kappa shape index (κ1) is 11.6. The van der Waals surface area contributed by atoms with E-state index in [9.17, 15) is 0 Å². The molecule has 18 heavy (non-hydrogen) atoms. The van der Waals surface area contributed by atoms with Crippen LogP contribution in [0.1, 0.15) is 5.69 Å². The summed E-state index contributed by atoms with van der Waals surface area (Å²) in [5.41, 5.74) is 8.14. The van der Waals surface area contributed by atoms with E-state index in [1.807, 2.05) is 0 Å². The molecule has 9 heteroatoms. The minimum absolute atomic E-state index is 0.345. The van der Waals surface area contributed by atoms with Crippen molar-refractivity contribution in [3.05, 3.63) is 21.8 Å². The number of anilines is 1. The molecule has 1 aromatic carbocycles. The Morgan fingerprint density at radius 3 is 2.61 bits per heavy atom. The molecule has 0 fully saturated rings.